The molecule has 0 spiro atoms. The van der Waals surface area contributed by atoms with Crippen LogP contribution in [-0.4, -0.2) is 37.1 Å². The van der Waals surface area contributed by atoms with Crippen LogP contribution in [0.1, 0.15) is 35.1 Å². The molecule has 100 valence electrons. The van der Waals surface area contributed by atoms with E-state index in [0.29, 0.717) is 11.4 Å². The van der Waals surface area contributed by atoms with E-state index in [1.165, 1.54) is 6.07 Å². The van der Waals surface area contributed by atoms with Crippen LogP contribution in [0.15, 0.2) is 18.3 Å². The lowest BCUT2D eigenvalue weighted by Gasteiger charge is -2.20. The first kappa shape index (κ1) is 12.3. The summed E-state index contributed by atoms with van der Waals surface area (Å²) in [5, 5.41) is 18.7. The third-order valence-electron chi connectivity index (χ3n) is 3.44. The zero-order chi connectivity index (χ0) is 13.4. The normalized spacial score (nSPS) is 16.8. The van der Waals surface area contributed by atoms with Gasteiger partial charge in [-0.1, -0.05) is 0 Å². The van der Waals surface area contributed by atoms with Crippen LogP contribution < -0.4 is 0 Å². The smallest absolute Gasteiger partial charge is 0.356 e. The molecular formula is C13H14N2O3S. The Balaban J connectivity index is 2.16. The van der Waals surface area contributed by atoms with Gasteiger partial charge in [0.2, 0.25) is 0 Å². The molecule has 0 radical (unpaired) electrons. The first-order valence-electron chi connectivity index (χ1n) is 6.19. The van der Waals surface area contributed by atoms with E-state index >= 15 is 0 Å². The molecule has 0 aliphatic carbocycles. The number of carbonyl (C=O) groups is 1. The third-order valence-corrected chi connectivity index (χ3v) is 4.49. The molecule has 1 saturated heterocycles. The number of hydrogen-bond donors (Lipinski definition) is 2. The zero-order valence-electron chi connectivity index (χ0n) is 10.2. The van der Waals surface area contributed by atoms with Crippen molar-refractivity contribution in [1.82, 2.24) is 9.38 Å². The van der Waals surface area contributed by atoms with E-state index in [4.69, 9.17) is 0 Å². The molecule has 0 unspecified atom stereocenters. The van der Waals surface area contributed by atoms with Crippen molar-refractivity contribution in [3.8, 4) is 5.75 Å². The number of aromatic carboxylic acids is 1. The van der Waals surface area contributed by atoms with E-state index in [0.717, 1.165) is 30.2 Å². The summed E-state index contributed by atoms with van der Waals surface area (Å²) in [6.07, 6.45) is 3.73. The standard InChI is InChI=1S/C13H14N2O3S/c16-9-1-4-15-10(7-9)11(13(17)18)14-12(15)8-2-5-19-6-3-8/h1,4,7-8,16H,2-3,5-6H2,(H,17,18). The summed E-state index contributed by atoms with van der Waals surface area (Å²) in [5.41, 5.74) is 0.477. The molecule has 1 fully saturated rings. The Hall–Kier alpha value is -1.69. The molecule has 5 nitrogen and oxygen atoms in total. The molecule has 19 heavy (non-hydrogen) atoms. The maximum absolute atomic E-state index is 11.3. The molecule has 0 amide bonds. The van der Waals surface area contributed by atoms with Gasteiger partial charge in [-0.05, 0) is 30.4 Å². The first-order valence-corrected chi connectivity index (χ1v) is 7.34. The average Bonchev–Trinajstić information content (AvgIpc) is 2.78. The minimum absolute atomic E-state index is 0.0177. The third kappa shape index (κ3) is 2.16. The van der Waals surface area contributed by atoms with Crippen LogP contribution in [0, 0.1) is 0 Å². The molecule has 0 aromatic carbocycles. The SMILES string of the molecule is O=C(O)c1nc(C2CCSCC2)n2ccc(O)cc12. The van der Waals surface area contributed by atoms with E-state index in [9.17, 15) is 15.0 Å². The number of nitrogens with zero attached hydrogens (tertiary/aromatic N) is 2. The fourth-order valence-electron chi connectivity index (χ4n) is 2.50. The van der Waals surface area contributed by atoms with Crippen molar-refractivity contribution in [3.05, 3.63) is 29.8 Å². The number of carboxylic acids is 1. The Bertz CT molecular complexity index is 632. The number of thioether (sulfide) groups is 1. The summed E-state index contributed by atoms with van der Waals surface area (Å²) in [6, 6.07) is 3.01. The zero-order valence-corrected chi connectivity index (χ0v) is 11.1. The predicted octanol–water partition coefficient (Wildman–Crippen LogP) is 2.35. The van der Waals surface area contributed by atoms with Gasteiger partial charge in [-0.2, -0.15) is 11.8 Å². The Morgan fingerprint density at radius 3 is 2.84 bits per heavy atom. The minimum Gasteiger partial charge on any atom is -0.508 e. The number of carboxylic acid groups (broad SMARTS) is 1. The number of rotatable bonds is 2. The van der Waals surface area contributed by atoms with E-state index in [1.807, 2.05) is 11.8 Å². The number of aromatic nitrogens is 2. The summed E-state index contributed by atoms with van der Waals surface area (Å²) in [6.45, 7) is 0. The lowest BCUT2D eigenvalue weighted by atomic mass is 10.0. The highest BCUT2D eigenvalue weighted by atomic mass is 32.2. The van der Waals surface area contributed by atoms with Crippen molar-refractivity contribution in [2.45, 2.75) is 18.8 Å². The van der Waals surface area contributed by atoms with Gasteiger partial charge in [0.25, 0.3) is 0 Å². The van der Waals surface area contributed by atoms with Crippen LogP contribution in [0.4, 0.5) is 0 Å². The van der Waals surface area contributed by atoms with Crippen molar-refractivity contribution in [3.63, 3.8) is 0 Å². The molecule has 2 aromatic heterocycles. The van der Waals surface area contributed by atoms with Crippen molar-refractivity contribution >= 4 is 23.2 Å². The van der Waals surface area contributed by atoms with Gasteiger partial charge in [0, 0.05) is 18.2 Å². The molecular weight excluding hydrogens is 264 g/mol. The lowest BCUT2D eigenvalue weighted by molar-refractivity contribution is 0.0693. The molecule has 2 N–H and O–H groups in total. The minimum atomic E-state index is -1.06. The predicted molar refractivity (Wildman–Crippen MR) is 73.1 cm³/mol. The molecule has 2 aromatic rings. The molecule has 3 heterocycles. The maximum Gasteiger partial charge on any atom is 0.356 e. The molecule has 0 saturated carbocycles. The molecule has 3 rings (SSSR count). The van der Waals surface area contributed by atoms with Crippen molar-refractivity contribution in [1.29, 1.82) is 0 Å². The highest BCUT2D eigenvalue weighted by Crippen LogP contribution is 2.32. The van der Waals surface area contributed by atoms with Gasteiger partial charge in [-0.15, -0.1) is 0 Å². The quantitative estimate of drug-likeness (QED) is 0.882. The summed E-state index contributed by atoms with van der Waals surface area (Å²) in [4.78, 5) is 15.6. The Morgan fingerprint density at radius 1 is 1.42 bits per heavy atom. The highest BCUT2D eigenvalue weighted by molar-refractivity contribution is 7.99. The fraction of sp³-hybridized carbons (Fsp3) is 0.385. The number of imidazole rings is 1. The summed E-state index contributed by atoms with van der Waals surface area (Å²) >= 11 is 1.92. The Morgan fingerprint density at radius 2 is 2.16 bits per heavy atom. The van der Waals surface area contributed by atoms with Crippen molar-refractivity contribution in [2.24, 2.45) is 0 Å². The summed E-state index contributed by atoms with van der Waals surface area (Å²) in [5.74, 6) is 2.26. The second kappa shape index (κ2) is 4.77. The summed E-state index contributed by atoms with van der Waals surface area (Å²) in [7, 11) is 0. The molecule has 1 aliphatic rings. The first-order chi connectivity index (χ1) is 9.16. The van der Waals surface area contributed by atoms with Crippen LogP contribution in [-0.2, 0) is 0 Å². The molecule has 0 atom stereocenters. The van der Waals surface area contributed by atoms with Crippen LogP contribution >= 0.6 is 11.8 Å². The van der Waals surface area contributed by atoms with Gasteiger partial charge in [0.15, 0.2) is 5.69 Å². The largest absolute Gasteiger partial charge is 0.508 e. The number of pyridine rings is 1. The van der Waals surface area contributed by atoms with E-state index < -0.39 is 5.97 Å². The van der Waals surface area contributed by atoms with E-state index in [2.05, 4.69) is 4.98 Å². The van der Waals surface area contributed by atoms with Gasteiger partial charge in [0.1, 0.15) is 11.6 Å². The Labute approximate surface area is 114 Å². The van der Waals surface area contributed by atoms with Gasteiger partial charge in [-0.25, -0.2) is 9.78 Å². The average molecular weight is 278 g/mol. The molecule has 6 heteroatoms. The fourth-order valence-corrected chi connectivity index (χ4v) is 3.60. The molecule has 1 aliphatic heterocycles. The van der Waals surface area contributed by atoms with Gasteiger partial charge < -0.3 is 14.6 Å². The van der Waals surface area contributed by atoms with Crippen LogP contribution in [0.3, 0.4) is 0 Å². The number of aromatic hydroxyl groups is 1. The van der Waals surface area contributed by atoms with Crippen LogP contribution in [0.2, 0.25) is 0 Å². The topological polar surface area (TPSA) is 74.8 Å². The number of fused-ring (bicyclic) bond motifs is 1. The van der Waals surface area contributed by atoms with Gasteiger partial charge >= 0.3 is 5.97 Å². The van der Waals surface area contributed by atoms with Gasteiger partial charge in [0.05, 0.1) is 5.52 Å². The second-order valence-electron chi connectivity index (χ2n) is 4.65. The lowest BCUT2D eigenvalue weighted by Crippen LogP contribution is -2.11. The summed E-state index contributed by atoms with van der Waals surface area (Å²) < 4.78 is 1.80. The maximum atomic E-state index is 11.3. The van der Waals surface area contributed by atoms with Crippen LogP contribution in [0.5, 0.6) is 5.75 Å². The second-order valence-corrected chi connectivity index (χ2v) is 5.88. The van der Waals surface area contributed by atoms with E-state index in [-0.39, 0.29) is 11.4 Å². The van der Waals surface area contributed by atoms with Crippen LogP contribution in [0.25, 0.3) is 5.52 Å². The highest BCUT2D eigenvalue weighted by Gasteiger charge is 2.24. The van der Waals surface area contributed by atoms with Crippen molar-refractivity contribution < 1.29 is 15.0 Å². The molecule has 0 bridgehead atoms. The van der Waals surface area contributed by atoms with E-state index in [1.54, 1.807) is 16.7 Å². The number of hydrogen-bond acceptors (Lipinski definition) is 4. The monoisotopic (exact) mass is 278 g/mol. The van der Waals surface area contributed by atoms with Gasteiger partial charge in [-0.3, -0.25) is 0 Å². The van der Waals surface area contributed by atoms with Crippen molar-refractivity contribution in [2.75, 3.05) is 11.5 Å². The Kier molecular flexibility index (Phi) is 3.10.